The molecule has 2 heterocycles. The van der Waals surface area contributed by atoms with Crippen molar-refractivity contribution in [3.8, 4) is 0 Å². The molecule has 7 heteroatoms. The summed E-state index contributed by atoms with van der Waals surface area (Å²) in [5.74, 6) is -0.568. The standard InChI is InChI=1S/C25H24O7/c1-28-25-22(31-23(27)18-13-7-11-15-8-5-6-12-17(15)18)20(26)21-19(30-25)14-29-24(32-21)16-9-3-2-4-10-16/h2-13,19-22,24-26H,14H2,1H3/t19-,20+,21-,22-,24?,25+/m1/s1. The van der Waals surface area contributed by atoms with Gasteiger partial charge in [0.2, 0.25) is 0 Å². The number of aliphatic hydroxyl groups excluding tert-OH is 1. The van der Waals surface area contributed by atoms with Crippen LogP contribution in [0.4, 0.5) is 0 Å². The summed E-state index contributed by atoms with van der Waals surface area (Å²) < 4.78 is 28.9. The van der Waals surface area contributed by atoms with Crippen molar-refractivity contribution in [2.24, 2.45) is 0 Å². The molecule has 3 aromatic rings. The maximum Gasteiger partial charge on any atom is 0.339 e. The van der Waals surface area contributed by atoms with Crippen LogP contribution < -0.4 is 0 Å². The first-order valence-corrected chi connectivity index (χ1v) is 10.5. The van der Waals surface area contributed by atoms with E-state index in [2.05, 4.69) is 0 Å². The van der Waals surface area contributed by atoms with Crippen molar-refractivity contribution in [3.63, 3.8) is 0 Å². The molecule has 6 atom stereocenters. The van der Waals surface area contributed by atoms with Crippen LogP contribution in [-0.2, 0) is 23.7 Å². The molecular weight excluding hydrogens is 412 g/mol. The quantitative estimate of drug-likeness (QED) is 0.629. The van der Waals surface area contributed by atoms with Crippen LogP contribution in [0.15, 0.2) is 72.8 Å². The molecule has 7 nitrogen and oxygen atoms in total. The van der Waals surface area contributed by atoms with E-state index in [1.807, 2.05) is 60.7 Å². The molecule has 0 aliphatic carbocycles. The molecule has 0 bridgehead atoms. The Labute approximate surface area is 185 Å². The van der Waals surface area contributed by atoms with E-state index in [-0.39, 0.29) is 6.61 Å². The third kappa shape index (κ3) is 3.90. The molecule has 1 unspecified atom stereocenters. The SMILES string of the molecule is CO[C@H]1O[C@@H]2COC(c3ccccc3)O[C@H]2[C@H](O)[C@H]1OC(=O)c1cccc2ccccc12. The van der Waals surface area contributed by atoms with Crippen LogP contribution in [0, 0.1) is 0 Å². The highest BCUT2D eigenvalue weighted by molar-refractivity contribution is 6.04. The van der Waals surface area contributed by atoms with Crippen LogP contribution in [0.25, 0.3) is 10.8 Å². The van der Waals surface area contributed by atoms with Crippen LogP contribution in [0.5, 0.6) is 0 Å². The maximum atomic E-state index is 13.1. The summed E-state index contributed by atoms with van der Waals surface area (Å²) >= 11 is 0. The second kappa shape index (κ2) is 8.97. The molecule has 3 aromatic carbocycles. The highest BCUT2D eigenvalue weighted by Gasteiger charge is 2.51. The van der Waals surface area contributed by atoms with Gasteiger partial charge in [-0.1, -0.05) is 66.7 Å². The Hall–Kier alpha value is -2.81. The van der Waals surface area contributed by atoms with Crippen LogP contribution in [0.1, 0.15) is 22.2 Å². The molecule has 0 saturated carbocycles. The lowest BCUT2D eigenvalue weighted by molar-refractivity contribution is -0.357. The first-order chi connectivity index (χ1) is 15.7. The average molecular weight is 436 g/mol. The van der Waals surface area contributed by atoms with Crippen molar-refractivity contribution in [2.75, 3.05) is 13.7 Å². The third-order valence-corrected chi connectivity index (χ3v) is 5.87. The minimum atomic E-state index is -1.16. The predicted octanol–water partition coefficient (Wildman–Crippen LogP) is 3.21. The van der Waals surface area contributed by atoms with E-state index in [9.17, 15) is 9.90 Å². The van der Waals surface area contributed by atoms with E-state index in [4.69, 9.17) is 23.7 Å². The Morgan fingerprint density at radius 2 is 1.72 bits per heavy atom. The van der Waals surface area contributed by atoms with Gasteiger partial charge in [0.15, 0.2) is 18.7 Å². The van der Waals surface area contributed by atoms with E-state index < -0.39 is 43.0 Å². The molecule has 0 aromatic heterocycles. The average Bonchev–Trinajstić information content (AvgIpc) is 2.85. The third-order valence-electron chi connectivity index (χ3n) is 5.87. The summed E-state index contributed by atoms with van der Waals surface area (Å²) in [4.78, 5) is 13.1. The van der Waals surface area contributed by atoms with Crippen molar-refractivity contribution >= 4 is 16.7 Å². The molecule has 2 fully saturated rings. The summed E-state index contributed by atoms with van der Waals surface area (Å²) in [6, 6.07) is 22.4. The zero-order valence-electron chi connectivity index (χ0n) is 17.5. The van der Waals surface area contributed by atoms with E-state index >= 15 is 0 Å². The number of rotatable bonds is 4. The van der Waals surface area contributed by atoms with Gasteiger partial charge in [0.25, 0.3) is 0 Å². The number of esters is 1. The highest BCUT2D eigenvalue weighted by atomic mass is 16.8. The number of benzene rings is 3. The number of aliphatic hydroxyl groups is 1. The normalized spacial score (nSPS) is 29.9. The number of fused-ring (bicyclic) bond motifs is 2. The fourth-order valence-electron chi connectivity index (χ4n) is 4.25. The minimum Gasteiger partial charge on any atom is -0.450 e. The Balaban J connectivity index is 1.37. The van der Waals surface area contributed by atoms with E-state index in [1.165, 1.54) is 7.11 Å². The molecule has 2 saturated heterocycles. The van der Waals surface area contributed by atoms with Crippen LogP contribution in [0.2, 0.25) is 0 Å². The van der Waals surface area contributed by atoms with Gasteiger partial charge in [-0.25, -0.2) is 4.79 Å². The summed E-state index contributed by atoms with van der Waals surface area (Å²) in [5.41, 5.74) is 1.23. The Morgan fingerprint density at radius 3 is 2.53 bits per heavy atom. The molecule has 1 N–H and O–H groups in total. The minimum absolute atomic E-state index is 0.213. The molecule has 2 aliphatic heterocycles. The monoisotopic (exact) mass is 436 g/mol. The highest BCUT2D eigenvalue weighted by Crippen LogP contribution is 2.35. The van der Waals surface area contributed by atoms with Gasteiger partial charge in [0, 0.05) is 12.7 Å². The van der Waals surface area contributed by atoms with Gasteiger partial charge < -0.3 is 28.8 Å². The molecule has 0 radical (unpaired) electrons. The van der Waals surface area contributed by atoms with Crippen LogP contribution >= 0.6 is 0 Å². The predicted molar refractivity (Wildman–Crippen MR) is 115 cm³/mol. The number of carbonyl (C=O) groups excluding carboxylic acids is 1. The van der Waals surface area contributed by atoms with Crippen molar-refractivity contribution in [2.45, 2.75) is 37.0 Å². The number of hydrogen-bond donors (Lipinski definition) is 1. The van der Waals surface area contributed by atoms with Gasteiger partial charge in [-0.15, -0.1) is 0 Å². The van der Waals surface area contributed by atoms with Crippen molar-refractivity contribution in [1.82, 2.24) is 0 Å². The Morgan fingerprint density at radius 1 is 0.969 bits per heavy atom. The number of ether oxygens (including phenoxy) is 5. The molecule has 5 rings (SSSR count). The largest absolute Gasteiger partial charge is 0.450 e. The van der Waals surface area contributed by atoms with Crippen LogP contribution in [-0.4, -0.2) is 55.5 Å². The second-order valence-corrected chi connectivity index (χ2v) is 7.84. The lowest BCUT2D eigenvalue weighted by atomic mass is 9.97. The second-order valence-electron chi connectivity index (χ2n) is 7.84. The zero-order chi connectivity index (χ0) is 22.1. The van der Waals surface area contributed by atoms with Gasteiger partial charge in [-0.3, -0.25) is 0 Å². The fraction of sp³-hybridized carbons (Fsp3) is 0.320. The lowest BCUT2D eigenvalue weighted by Crippen LogP contribution is -2.63. The van der Waals surface area contributed by atoms with E-state index in [1.54, 1.807) is 12.1 Å². The molecule has 2 aliphatic rings. The first-order valence-electron chi connectivity index (χ1n) is 10.5. The molecule has 0 spiro atoms. The van der Waals surface area contributed by atoms with Gasteiger partial charge in [0.05, 0.1) is 12.2 Å². The number of carbonyl (C=O) groups is 1. The lowest BCUT2D eigenvalue weighted by Gasteiger charge is -2.46. The fourth-order valence-corrected chi connectivity index (χ4v) is 4.25. The maximum absolute atomic E-state index is 13.1. The summed E-state index contributed by atoms with van der Waals surface area (Å²) in [6.45, 7) is 0.213. The smallest absolute Gasteiger partial charge is 0.339 e. The van der Waals surface area contributed by atoms with Crippen molar-refractivity contribution < 1.29 is 33.6 Å². The Kier molecular flexibility index (Phi) is 5.91. The topological polar surface area (TPSA) is 83.5 Å². The zero-order valence-corrected chi connectivity index (χ0v) is 17.5. The Bertz CT molecular complexity index is 1080. The molecule has 0 amide bonds. The van der Waals surface area contributed by atoms with E-state index in [0.29, 0.717) is 5.56 Å². The van der Waals surface area contributed by atoms with Crippen molar-refractivity contribution in [1.29, 1.82) is 0 Å². The van der Waals surface area contributed by atoms with E-state index in [0.717, 1.165) is 16.3 Å². The van der Waals surface area contributed by atoms with Crippen LogP contribution in [0.3, 0.4) is 0 Å². The van der Waals surface area contributed by atoms with Gasteiger partial charge in [-0.2, -0.15) is 0 Å². The van der Waals surface area contributed by atoms with Gasteiger partial charge in [0.1, 0.15) is 18.3 Å². The summed E-state index contributed by atoms with van der Waals surface area (Å²) in [6.07, 6.45) is -5.13. The first kappa shape index (κ1) is 21.1. The molecule has 166 valence electrons. The summed E-state index contributed by atoms with van der Waals surface area (Å²) in [5, 5.41) is 12.8. The van der Waals surface area contributed by atoms with Gasteiger partial charge >= 0.3 is 5.97 Å². The molecule has 32 heavy (non-hydrogen) atoms. The molecular formula is C25H24O7. The summed E-state index contributed by atoms with van der Waals surface area (Å²) in [7, 11) is 1.44. The van der Waals surface area contributed by atoms with Gasteiger partial charge in [-0.05, 0) is 16.8 Å². The number of hydrogen-bond acceptors (Lipinski definition) is 7. The number of methoxy groups -OCH3 is 1. The van der Waals surface area contributed by atoms with Crippen molar-refractivity contribution in [3.05, 3.63) is 83.9 Å².